The van der Waals surface area contributed by atoms with E-state index in [0.717, 1.165) is 30.2 Å². The summed E-state index contributed by atoms with van der Waals surface area (Å²) in [6.07, 6.45) is 4.61. The second-order valence-electron chi connectivity index (χ2n) is 5.39. The van der Waals surface area contributed by atoms with Gasteiger partial charge in [0.15, 0.2) is 0 Å². The Morgan fingerprint density at radius 2 is 2.25 bits per heavy atom. The number of hydrogen-bond acceptors (Lipinski definition) is 4. The topological polar surface area (TPSA) is 42.7 Å². The van der Waals surface area contributed by atoms with Gasteiger partial charge in [0.2, 0.25) is 0 Å². The Morgan fingerprint density at radius 1 is 1.30 bits per heavy atom. The molecule has 1 aromatic carbocycles. The highest BCUT2D eigenvalue weighted by atomic mass is 32.1. The summed E-state index contributed by atoms with van der Waals surface area (Å²) >= 11 is 1.50. The monoisotopic (exact) mass is 284 g/mol. The maximum atomic E-state index is 4.42. The highest BCUT2D eigenvalue weighted by Gasteiger charge is 2.22. The van der Waals surface area contributed by atoms with Crippen molar-refractivity contribution in [2.75, 3.05) is 5.32 Å². The van der Waals surface area contributed by atoms with Crippen molar-refractivity contribution >= 4 is 28.1 Å². The van der Waals surface area contributed by atoms with Gasteiger partial charge in [-0.05, 0) is 54.6 Å². The molecule has 20 heavy (non-hydrogen) atoms. The zero-order valence-corrected chi connectivity index (χ0v) is 11.9. The average molecular weight is 284 g/mol. The van der Waals surface area contributed by atoms with Gasteiger partial charge in [0, 0.05) is 29.2 Å². The number of fused-ring (bicyclic) bond motifs is 1. The Hall–Kier alpha value is -1.88. The summed E-state index contributed by atoms with van der Waals surface area (Å²) in [4.78, 5) is 0. The van der Waals surface area contributed by atoms with Gasteiger partial charge in [0.1, 0.15) is 0 Å². The zero-order valence-electron chi connectivity index (χ0n) is 11.1. The van der Waals surface area contributed by atoms with Crippen LogP contribution >= 0.6 is 11.5 Å². The van der Waals surface area contributed by atoms with E-state index in [-0.39, 0.29) is 0 Å². The molecule has 1 N–H and O–H groups in total. The number of anilines is 1. The zero-order chi connectivity index (χ0) is 13.4. The predicted octanol–water partition coefficient (Wildman–Crippen LogP) is 3.51. The number of benzene rings is 1. The van der Waals surface area contributed by atoms with Crippen LogP contribution in [-0.4, -0.2) is 14.2 Å². The molecule has 0 spiro atoms. The Morgan fingerprint density at radius 3 is 3.15 bits per heavy atom. The second kappa shape index (κ2) is 4.90. The summed E-state index contributed by atoms with van der Waals surface area (Å²) in [7, 11) is 0. The number of rotatable bonds is 5. The highest BCUT2D eigenvalue weighted by Crippen LogP contribution is 2.30. The fourth-order valence-electron chi connectivity index (χ4n) is 2.39. The molecule has 3 aromatic rings. The van der Waals surface area contributed by atoms with Crippen LogP contribution in [0.5, 0.6) is 0 Å². The van der Waals surface area contributed by atoms with Gasteiger partial charge in [0.05, 0.1) is 17.8 Å². The van der Waals surface area contributed by atoms with E-state index < -0.39 is 0 Å². The maximum Gasteiger partial charge on any atom is 0.0842 e. The molecule has 1 aliphatic carbocycles. The molecule has 4 nitrogen and oxygen atoms in total. The quantitative estimate of drug-likeness (QED) is 0.779. The Labute approximate surface area is 121 Å². The summed E-state index contributed by atoms with van der Waals surface area (Å²) < 4.78 is 6.46. The predicted molar refractivity (Wildman–Crippen MR) is 81.9 cm³/mol. The fraction of sp³-hybridized carbons (Fsp3) is 0.333. The lowest BCUT2D eigenvalue weighted by Gasteiger charge is -2.09. The van der Waals surface area contributed by atoms with E-state index >= 15 is 0 Å². The molecule has 0 bridgehead atoms. The smallest absolute Gasteiger partial charge is 0.0842 e. The van der Waals surface area contributed by atoms with Crippen molar-refractivity contribution in [2.24, 2.45) is 5.92 Å². The van der Waals surface area contributed by atoms with Crippen LogP contribution in [0.15, 0.2) is 35.8 Å². The molecule has 0 saturated heterocycles. The molecule has 5 heteroatoms. The van der Waals surface area contributed by atoms with Crippen LogP contribution in [0.2, 0.25) is 0 Å². The van der Waals surface area contributed by atoms with Gasteiger partial charge in [-0.15, -0.1) is 0 Å². The third-order valence-corrected chi connectivity index (χ3v) is 4.43. The molecular formula is C15H16N4S. The second-order valence-corrected chi connectivity index (χ2v) is 6.02. The minimum Gasteiger partial charge on any atom is -0.379 e. The number of nitrogens with zero attached hydrogens (tertiary/aromatic N) is 3. The minimum absolute atomic E-state index is 0.815. The van der Waals surface area contributed by atoms with Crippen molar-refractivity contribution in [1.82, 2.24) is 14.2 Å². The van der Waals surface area contributed by atoms with Crippen molar-refractivity contribution < 1.29 is 0 Å². The molecule has 2 heterocycles. The van der Waals surface area contributed by atoms with Crippen molar-refractivity contribution in [3.63, 3.8) is 0 Å². The standard InChI is InChI=1S/C15H16N4S/c1-2-11(1)9-19-14(5-6-17-19)8-16-13-3-4-15-12(7-13)10-20-18-15/h3-7,10-11,16H,1-2,8-9H2. The summed E-state index contributed by atoms with van der Waals surface area (Å²) in [6.45, 7) is 1.88. The maximum absolute atomic E-state index is 4.42. The van der Waals surface area contributed by atoms with Crippen LogP contribution in [0.1, 0.15) is 18.5 Å². The van der Waals surface area contributed by atoms with Crippen molar-refractivity contribution in [3.05, 3.63) is 41.5 Å². The lowest BCUT2D eigenvalue weighted by Crippen LogP contribution is -2.10. The third-order valence-electron chi connectivity index (χ3n) is 3.76. The molecule has 1 saturated carbocycles. The first-order valence-electron chi connectivity index (χ1n) is 6.97. The summed E-state index contributed by atoms with van der Waals surface area (Å²) in [6, 6.07) is 8.40. The van der Waals surface area contributed by atoms with Gasteiger partial charge < -0.3 is 5.32 Å². The van der Waals surface area contributed by atoms with Crippen LogP contribution in [0.4, 0.5) is 5.69 Å². The first-order valence-corrected chi connectivity index (χ1v) is 7.81. The van der Waals surface area contributed by atoms with E-state index in [1.807, 2.05) is 6.20 Å². The minimum atomic E-state index is 0.815. The summed E-state index contributed by atoms with van der Waals surface area (Å²) in [5, 5.41) is 11.2. The first kappa shape index (κ1) is 11.9. The SMILES string of the molecule is c1cc(CNc2ccc3nscc3c2)n(CC2CC2)n1. The van der Waals surface area contributed by atoms with E-state index in [1.54, 1.807) is 0 Å². The van der Waals surface area contributed by atoms with Crippen molar-refractivity contribution in [2.45, 2.75) is 25.9 Å². The molecule has 0 atom stereocenters. The molecule has 1 aliphatic rings. The molecule has 0 unspecified atom stereocenters. The molecule has 4 rings (SSSR count). The Balaban J connectivity index is 1.47. The van der Waals surface area contributed by atoms with Crippen LogP contribution in [0, 0.1) is 5.92 Å². The average Bonchev–Trinajstić information content (AvgIpc) is 2.99. The Kier molecular flexibility index (Phi) is 2.92. The summed E-state index contributed by atoms with van der Waals surface area (Å²) in [5.41, 5.74) is 3.46. The van der Waals surface area contributed by atoms with Gasteiger partial charge >= 0.3 is 0 Å². The molecule has 0 aliphatic heterocycles. The summed E-state index contributed by atoms with van der Waals surface area (Å²) in [5.74, 6) is 0.849. The molecule has 0 amide bonds. The molecular weight excluding hydrogens is 268 g/mol. The van der Waals surface area contributed by atoms with Gasteiger partial charge in [-0.25, -0.2) is 0 Å². The van der Waals surface area contributed by atoms with Crippen molar-refractivity contribution in [1.29, 1.82) is 0 Å². The van der Waals surface area contributed by atoms with Crippen molar-refractivity contribution in [3.8, 4) is 0 Å². The number of hydrogen-bond donors (Lipinski definition) is 1. The largest absolute Gasteiger partial charge is 0.379 e. The van der Waals surface area contributed by atoms with E-state index in [1.165, 1.54) is 35.5 Å². The molecule has 2 aromatic heterocycles. The Bertz CT molecular complexity index is 726. The third kappa shape index (κ3) is 2.41. The van der Waals surface area contributed by atoms with Gasteiger partial charge in [-0.1, -0.05) is 0 Å². The van der Waals surface area contributed by atoms with Crippen LogP contribution < -0.4 is 5.32 Å². The molecule has 0 radical (unpaired) electrons. The number of nitrogens with one attached hydrogen (secondary N) is 1. The van der Waals surface area contributed by atoms with Crippen LogP contribution in [0.25, 0.3) is 10.9 Å². The molecule has 102 valence electrons. The molecule has 1 fully saturated rings. The van der Waals surface area contributed by atoms with Crippen LogP contribution in [0.3, 0.4) is 0 Å². The number of aromatic nitrogens is 3. The van der Waals surface area contributed by atoms with Gasteiger partial charge in [0.25, 0.3) is 0 Å². The lowest BCUT2D eigenvalue weighted by atomic mass is 10.2. The first-order chi connectivity index (χ1) is 9.88. The van der Waals surface area contributed by atoms with Gasteiger partial charge in [-0.2, -0.15) is 9.47 Å². The van der Waals surface area contributed by atoms with Gasteiger partial charge in [-0.3, -0.25) is 4.68 Å². The fourth-order valence-corrected chi connectivity index (χ4v) is 3.03. The van der Waals surface area contributed by atoms with E-state index in [0.29, 0.717) is 0 Å². The van der Waals surface area contributed by atoms with E-state index in [4.69, 9.17) is 0 Å². The highest BCUT2D eigenvalue weighted by molar-refractivity contribution is 7.04. The van der Waals surface area contributed by atoms with E-state index in [9.17, 15) is 0 Å². The van der Waals surface area contributed by atoms with Crippen LogP contribution in [-0.2, 0) is 13.1 Å². The van der Waals surface area contributed by atoms with E-state index in [2.05, 4.69) is 49.1 Å². The normalized spacial score (nSPS) is 14.8. The lowest BCUT2D eigenvalue weighted by molar-refractivity contribution is 0.543.